The highest BCUT2D eigenvalue weighted by atomic mass is 16.5. The van der Waals surface area contributed by atoms with Crippen LogP contribution in [-0.4, -0.2) is 14.6 Å². The molecular weight excluding hydrogens is 228 g/mol. The lowest BCUT2D eigenvalue weighted by atomic mass is 10.2. The first kappa shape index (κ1) is 10.6. The van der Waals surface area contributed by atoms with Gasteiger partial charge < -0.3 is 10.5 Å². The van der Waals surface area contributed by atoms with Gasteiger partial charge in [0.15, 0.2) is 11.4 Å². The van der Waals surface area contributed by atoms with E-state index in [0.717, 1.165) is 11.2 Å². The Balaban J connectivity index is 1.97. The predicted octanol–water partition coefficient (Wildman–Crippen LogP) is 2.41. The molecule has 0 aliphatic heterocycles. The van der Waals surface area contributed by atoms with Crippen LogP contribution in [0.2, 0.25) is 0 Å². The SMILES string of the molecule is Cc1ccc(N)c(Oc2ccn3nccc3n2)c1. The van der Waals surface area contributed by atoms with Crippen molar-refractivity contribution in [3.8, 4) is 11.6 Å². The van der Waals surface area contributed by atoms with Crippen LogP contribution in [0.15, 0.2) is 42.7 Å². The molecule has 0 aliphatic rings. The highest BCUT2D eigenvalue weighted by Crippen LogP contribution is 2.27. The van der Waals surface area contributed by atoms with E-state index in [1.165, 1.54) is 0 Å². The van der Waals surface area contributed by atoms with Gasteiger partial charge in [0.2, 0.25) is 5.88 Å². The van der Waals surface area contributed by atoms with Gasteiger partial charge in [-0.15, -0.1) is 0 Å². The fourth-order valence-electron chi connectivity index (χ4n) is 1.69. The van der Waals surface area contributed by atoms with Gasteiger partial charge in [-0.3, -0.25) is 0 Å². The number of nitrogen functional groups attached to an aromatic ring is 1. The standard InChI is InChI=1S/C13H12N4O/c1-9-2-3-10(14)11(8-9)18-13-5-7-17-12(16-13)4-6-15-17/h2-8H,14H2,1H3. The largest absolute Gasteiger partial charge is 0.437 e. The number of ether oxygens (including phenoxy) is 1. The van der Waals surface area contributed by atoms with Crippen molar-refractivity contribution in [1.29, 1.82) is 0 Å². The van der Waals surface area contributed by atoms with E-state index < -0.39 is 0 Å². The molecule has 0 unspecified atom stereocenters. The van der Waals surface area contributed by atoms with Gasteiger partial charge in [-0.2, -0.15) is 10.1 Å². The minimum absolute atomic E-state index is 0.500. The van der Waals surface area contributed by atoms with Crippen LogP contribution in [0.4, 0.5) is 5.69 Å². The zero-order chi connectivity index (χ0) is 12.5. The molecule has 2 N–H and O–H groups in total. The quantitative estimate of drug-likeness (QED) is 0.698. The number of rotatable bonds is 2. The summed E-state index contributed by atoms with van der Waals surface area (Å²) in [6.07, 6.45) is 3.48. The Kier molecular flexibility index (Phi) is 2.37. The maximum Gasteiger partial charge on any atom is 0.222 e. The zero-order valence-corrected chi connectivity index (χ0v) is 9.87. The van der Waals surface area contributed by atoms with Gasteiger partial charge in [-0.1, -0.05) is 6.07 Å². The van der Waals surface area contributed by atoms with Crippen molar-refractivity contribution >= 4 is 11.3 Å². The van der Waals surface area contributed by atoms with Crippen molar-refractivity contribution in [2.45, 2.75) is 6.92 Å². The molecule has 0 aliphatic carbocycles. The number of nitrogens with two attached hydrogens (primary N) is 1. The fraction of sp³-hybridized carbons (Fsp3) is 0.0769. The minimum atomic E-state index is 0.500. The molecule has 0 spiro atoms. The van der Waals surface area contributed by atoms with E-state index in [2.05, 4.69) is 10.1 Å². The molecule has 5 nitrogen and oxygen atoms in total. The van der Waals surface area contributed by atoms with E-state index in [9.17, 15) is 0 Å². The molecule has 1 aromatic carbocycles. The maximum atomic E-state index is 5.86. The average Bonchev–Trinajstić information content (AvgIpc) is 2.81. The first-order valence-corrected chi connectivity index (χ1v) is 5.57. The Morgan fingerprint density at radius 1 is 1.22 bits per heavy atom. The first-order valence-electron chi connectivity index (χ1n) is 5.57. The van der Waals surface area contributed by atoms with Gasteiger partial charge in [0.1, 0.15) is 0 Å². The van der Waals surface area contributed by atoms with Gasteiger partial charge in [0, 0.05) is 18.3 Å². The normalized spacial score (nSPS) is 10.7. The smallest absolute Gasteiger partial charge is 0.222 e. The summed E-state index contributed by atoms with van der Waals surface area (Å²) in [5.41, 5.74) is 8.28. The van der Waals surface area contributed by atoms with Crippen LogP contribution >= 0.6 is 0 Å². The molecule has 3 aromatic rings. The molecule has 5 heteroatoms. The van der Waals surface area contributed by atoms with E-state index in [1.807, 2.05) is 31.2 Å². The Hall–Kier alpha value is -2.56. The first-order chi connectivity index (χ1) is 8.72. The highest BCUT2D eigenvalue weighted by molar-refractivity contribution is 5.55. The van der Waals surface area contributed by atoms with Gasteiger partial charge in [-0.05, 0) is 24.6 Å². The zero-order valence-electron chi connectivity index (χ0n) is 9.87. The summed E-state index contributed by atoms with van der Waals surface area (Å²) in [7, 11) is 0. The van der Waals surface area contributed by atoms with Gasteiger partial charge in [0.05, 0.1) is 11.9 Å². The van der Waals surface area contributed by atoms with Gasteiger partial charge in [0.25, 0.3) is 0 Å². The van der Waals surface area contributed by atoms with E-state index >= 15 is 0 Å². The molecule has 0 amide bonds. The third kappa shape index (κ3) is 1.86. The lowest BCUT2D eigenvalue weighted by Gasteiger charge is -2.08. The van der Waals surface area contributed by atoms with Crippen molar-refractivity contribution < 1.29 is 4.74 Å². The second-order valence-electron chi connectivity index (χ2n) is 4.04. The summed E-state index contributed by atoms with van der Waals surface area (Å²) < 4.78 is 7.36. The molecule has 2 heterocycles. The summed E-state index contributed by atoms with van der Waals surface area (Å²) in [5.74, 6) is 1.12. The van der Waals surface area contributed by atoms with Crippen LogP contribution < -0.4 is 10.5 Å². The molecule has 0 saturated heterocycles. The Bertz CT molecular complexity index is 705. The topological polar surface area (TPSA) is 65.4 Å². The van der Waals surface area contributed by atoms with Crippen molar-refractivity contribution in [3.05, 3.63) is 48.3 Å². The van der Waals surface area contributed by atoms with Gasteiger partial charge >= 0.3 is 0 Å². The molecule has 0 saturated carbocycles. The van der Waals surface area contributed by atoms with Crippen LogP contribution in [0.25, 0.3) is 5.65 Å². The van der Waals surface area contributed by atoms with E-state index in [1.54, 1.807) is 23.0 Å². The second kappa shape index (κ2) is 4.03. The highest BCUT2D eigenvalue weighted by Gasteiger charge is 2.05. The van der Waals surface area contributed by atoms with Crippen molar-refractivity contribution in [3.63, 3.8) is 0 Å². The molecule has 2 aromatic heterocycles. The minimum Gasteiger partial charge on any atom is -0.437 e. The third-order valence-electron chi connectivity index (χ3n) is 2.62. The molecule has 0 bridgehead atoms. The van der Waals surface area contributed by atoms with Crippen LogP contribution in [0.5, 0.6) is 11.6 Å². The van der Waals surface area contributed by atoms with E-state index in [0.29, 0.717) is 17.3 Å². The molecular formula is C13H12N4O. The van der Waals surface area contributed by atoms with E-state index in [-0.39, 0.29) is 0 Å². The Morgan fingerprint density at radius 2 is 2.11 bits per heavy atom. The number of benzene rings is 1. The number of nitrogens with zero attached hydrogens (tertiary/aromatic N) is 3. The van der Waals surface area contributed by atoms with E-state index in [4.69, 9.17) is 10.5 Å². The Labute approximate surface area is 104 Å². The summed E-state index contributed by atoms with van der Waals surface area (Å²) in [6, 6.07) is 9.21. The number of hydrogen-bond acceptors (Lipinski definition) is 4. The summed E-state index contributed by atoms with van der Waals surface area (Å²) in [4.78, 5) is 4.32. The number of aromatic nitrogens is 3. The molecule has 90 valence electrons. The molecule has 3 rings (SSSR count). The molecule has 0 fully saturated rings. The summed E-state index contributed by atoms with van der Waals surface area (Å²) >= 11 is 0. The average molecular weight is 240 g/mol. The number of anilines is 1. The number of hydrogen-bond donors (Lipinski definition) is 1. The third-order valence-corrected chi connectivity index (χ3v) is 2.62. The van der Waals surface area contributed by atoms with Crippen molar-refractivity contribution in [2.75, 3.05) is 5.73 Å². The van der Waals surface area contributed by atoms with Crippen molar-refractivity contribution in [1.82, 2.24) is 14.6 Å². The maximum absolute atomic E-state index is 5.86. The summed E-state index contributed by atoms with van der Waals surface area (Å²) in [5, 5.41) is 4.07. The Morgan fingerprint density at radius 3 is 3.00 bits per heavy atom. The monoisotopic (exact) mass is 240 g/mol. The lowest BCUT2D eigenvalue weighted by molar-refractivity contribution is 0.465. The molecule has 18 heavy (non-hydrogen) atoms. The number of fused-ring (bicyclic) bond motifs is 1. The number of aryl methyl sites for hydroxylation is 1. The van der Waals surface area contributed by atoms with Crippen molar-refractivity contribution in [2.24, 2.45) is 0 Å². The predicted molar refractivity (Wildman–Crippen MR) is 68.7 cm³/mol. The van der Waals surface area contributed by atoms with Gasteiger partial charge in [-0.25, -0.2) is 4.52 Å². The summed E-state index contributed by atoms with van der Waals surface area (Å²) in [6.45, 7) is 1.99. The van der Waals surface area contributed by atoms with Crippen LogP contribution in [0, 0.1) is 6.92 Å². The van der Waals surface area contributed by atoms with Crippen LogP contribution in [0.3, 0.4) is 0 Å². The molecule has 0 atom stereocenters. The fourth-order valence-corrected chi connectivity index (χ4v) is 1.69. The van der Waals surface area contributed by atoms with Crippen LogP contribution in [0.1, 0.15) is 5.56 Å². The van der Waals surface area contributed by atoms with Crippen LogP contribution in [-0.2, 0) is 0 Å². The second-order valence-corrected chi connectivity index (χ2v) is 4.04. The molecule has 0 radical (unpaired) electrons. The lowest BCUT2D eigenvalue weighted by Crippen LogP contribution is -1.96.